The number of carbonyl (C=O) groups excluding carboxylic acids is 1. The number of nitro groups is 1. The lowest BCUT2D eigenvalue weighted by Crippen LogP contribution is -2.19. The molecule has 2 aromatic carbocycles. The maximum absolute atomic E-state index is 13.6. The van der Waals surface area contributed by atoms with E-state index >= 15 is 0 Å². The summed E-state index contributed by atoms with van der Waals surface area (Å²) < 4.78 is 39.8. The normalized spacial score (nSPS) is 10.4. The van der Waals surface area contributed by atoms with Crippen molar-refractivity contribution in [1.82, 2.24) is 0 Å². The second kappa shape index (κ2) is 6.57. The average molecular weight is 339 g/mol. The molecule has 0 aliphatic carbocycles. The van der Waals surface area contributed by atoms with E-state index in [1.807, 2.05) is 0 Å². The summed E-state index contributed by atoms with van der Waals surface area (Å²) in [5.41, 5.74) is -0.689. The molecule has 0 unspecified atom stereocenters. The summed E-state index contributed by atoms with van der Waals surface area (Å²) in [4.78, 5) is 24.0. The molecule has 0 radical (unpaired) electrons. The fourth-order valence-corrected chi connectivity index (χ4v) is 2.02. The summed E-state index contributed by atoms with van der Waals surface area (Å²) >= 11 is 0. The van der Waals surface area contributed by atoms with E-state index in [2.05, 4.69) is 5.32 Å². The lowest BCUT2D eigenvalue weighted by atomic mass is 10.1. The van der Waals surface area contributed by atoms with Crippen LogP contribution in [0, 0.1) is 27.6 Å². The predicted molar refractivity (Wildman–Crippen MR) is 81.7 cm³/mol. The number of nitrogens with one attached hydrogen (secondary N) is 1. The quantitative estimate of drug-likeness (QED) is 0.527. The molecule has 0 bridgehead atoms. The van der Waals surface area contributed by atoms with Crippen LogP contribution in [0.4, 0.5) is 30.2 Å². The molecule has 0 saturated carbocycles. The van der Waals surface area contributed by atoms with Crippen molar-refractivity contribution in [2.45, 2.75) is 0 Å². The minimum atomic E-state index is -1.39. The van der Waals surface area contributed by atoms with Crippen molar-refractivity contribution >= 4 is 23.0 Å². The number of hydrogen-bond donors (Lipinski definition) is 1. The molecule has 9 heteroatoms. The Morgan fingerprint density at radius 3 is 2.29 bits per heavy atom. The van der Waals surface area contributed by atoms with Gasteiger partial charge in [0.25, 0.3) is 11.6 Å². The summed E-state index contributed by atoms with van der Waals surface area (Å²) in [6.07, 6.45) is 0. The zero-order valence-corrected chi connectivity index (χ0v) is 12.6. The molecular formula is C15H12F3N3O3. The Labute approximate surface area is 134 Å². The second-order valence-corrected chi connectivity index (χ2v) is 5.05. The Hall–Kier alpha value is -3.10. The van der Waals surface area contributed by atoms with Crippen molar-refractivity contribution in [3.8, 4) is 0 Å². The third-order valence-corrected chi connectivity index (χ3v) is 3.18. The molecule has 0 atom stereocenters. The monoisotopic (exact) mass is 339 g/mol. The highest BCUT2D eigenvalue weighted by molar-refractivity contribution is 6.08. The van der Waals surface area contributed by atoms with E-state index in [0.29, 0.717) is 17.8 Å². The molecule has 126 valence electrons. The molecule has 0 aliphatic rings. The van der Waals surface area contributed by atoms with E-state index in [1.54, 1.807) is 14.1 Å². The zero-order valence-electron chi connectivity index (χ0n) is 12.6. The fraction of sp³-hybridized carbons (Fsp3) is 0.133. The van der Waals surface area contributed by atoms with Crippen molar-refractivity contribution in [2.24, 2.45) is 0 Å². The average Bonchev–Trinajstić information content (AvgIpc) is 2.51. The van der Waals surface area contributed by atoms with Gasteiger partial charge in [-0.05, 0) is 6.07 Å². The SMILES string of the molecule is CN(C)c1ccc([N+](=O)[O-])cc1C(=O)Nc1cc(F)c(F)cc1F. The number of rotatable bonds is 4. The lowest BCUT2D eigenvalue weighted by molar-refractivity contribution is -0.384. The predicted octanol–water partition coefficient (Wildman–Crippen LogP) is 3.33. The topological polar surface area (TPSA) is 75.5 Å². The third kappa shape index (κ3) is 3.45. The first-order chi connectivity index (χ1) is 11.2. The molecule has 24 heavy (non-hydrogen) atoms. The van der Waals surface area contributed by atoms with Crippen LogP contribution in [0.1, 0.15) is 10.4 Å². The first-order valence-corrected chi connectivity index (χ1v) is 6.62. The highest BCUT2D eigenvalue weighted by Crippen LogP contribution is 2.26. The minimum absolute atomic E-state index is 0.113. The molecule has 0 heterocycles. The first-order valence-electron chi connectivity index (χ1n) is 6.62. The Morgan fingerprint density at radius 1 is 1.08 bits per heavy atom. The Kier molecular flexibility index (Phi) is 4.72. The van der Waals surface area contributed by atoms with Gasteiger partial charge >= 0.3 is 0 Å². The van der Waals surface area contributed by atoms with Gasteiger partial charge in [-0.25, -0.2) is 13.2 Å². The number of carbonyl (C=O) groups is 1. The zero-order chi connectivity index (χ0) is 18.0. The number of non-ortho nitro benzene ring substituents is 1. The van der Waals surface area contributed by atoms with E-state index in [9.17, 15) is 28.1 Å². The van der Waals surface area contributed by atoms with Gasteiger partial charge in [0.2, 0.25) is 0 Å². The Morgan fingerprint density at radius 2 is 1.71 bits per heavy atom. The molecule has 0 fully saturated rings. The molecule has 1 N–H and O–H groups in total. The molecular weight excluding hydrogens is 327 g/mol. The van der Waals surface area contributed by atoms with Crippen molar-refractivity contribution in [2.75, 3.05) is 24.3 Å². The van der Waals surface area contributed by atoms with Crippen LogP contribution < -0.4 is 10.2 Å². The van der Waals surface area contributed by atoms with Crippen molar-refractivity contribution in [3.05, 3.63) is 63.5 Å². The van der Waals surface area contributed by atoms with Gasteiger partial charge in [-0.1, -0.05) is 0 Å². The summed E-state index contributed by atoms with van der Waals surface area (Å²) in [7, 11) is 3.21. The number of benzene rings is 2. The number of hydrogen-bond acceptors (Lipinski definition) is 4. The molecule has 2 rings (SSSR count). The highest BCUT2D eigenvalue weighted by atomic mass is 19.2. The maximum atomic E-state index is 13.6. The van der Waals surface area contributed by atoms with Crippen LogP contribution in [0.25, 0.3) is 0 Å². The lowest BCUT2D eigenvalue weighted by Gasteiger charge is -2.17. The van der Waals surface area contributed by atoms with Crippen LogP contribution >= 0.6 is 0 Å². The summed E-state index contributed by atoms with van der Waals surface area (Å²) in [6.45, 7) is 0. The fourth-order valence-electron chi connectivity index (χ4n) is 2.02. The maximum Gasteiger partial charge on any atom is 0.270 e. The van der Waals surface area contributed by atoms with Gasteiger partial charge in [-0.2, -0.15) is 0 Å². The molecule has 0 saturated heterocycles. The van der Waals surface area contributed by atoms with E-state index < -0.39 is 34.0 Å². The largest absolute Gasteiger partial charge is 0.377 e. The number of halogens is 3. The van der Waals surface area contributed by atoms with E-state index in [-0.39, 0.29) is 11.3 Å². The first kappa shape index (κ1) is 17.3. The van der Waals surface area contributed by atoms with Gasteiger partial charge in [0, 0.05) is 44.0 Å². The van der Waals surface area contributed by atoms with E-state index in [4.69, 9.17) is 0 Å². The second-order valence-electron chi connectivity index (χ2n) is 5.05. The Bertz CT molecular complexity index is 825. The van der Waals surface area contributed by atoms with Crippen molar-refractivity contribution in [1.29, 1.82) is 0 Å². The number of nitrogens with zero attached hydrogens (tertiary/aromatic N) is 2. The molecule has 6 nitrogen and oxygen atoms in total. The van der Waals surface area contributed by atoms with Gasteiger partial charge in [0.15, 0.2) is 11.6 Å². The molecule has 1 amide bonds. The van der Waals surface area contributed by atoms with Crippen LogP contribution in [0.5, 0.6) is 0 Å². The number of nitro benzene ring substituents is 1. The van der Waals surface area contributed by atoms with E-state index in [1.165, 1.54) is 17.0 Å². The minimum Gasteiger partial charge on any atom is -0.377 e. The van der Waals surface area contributed by atoms with Gasteiger partial charge < -0.3 is 10.2 Å². The summed E-state index contributed by atoms with van der Waals surface area (Å²) in [5.74, 6) is -4.79. The summed E-state index contributed by atoms with van der Waals surface area (Å²) in [6, 6.07) is 4.38. The Balaban J connectivity index is 2.44. The van der Waals surface area contributed by atoms with Crippen LogP contribution in [-0.4, -0.2) is 24.9 Å². The van der Waals surface area contributed by atoms with Crippen molar-refractivity contribution < 1.29 is 22.9 Å². The smallest absolute Gasteiger partial charge is 0.270 e. The van der Waals surface area contributed by atoms with Gasteiger partial charge in [-0.3, -0.25) is 14.9 Å². The van der Waals surface area contributed by atoms with Crippen LogP contribution in [-0.2, 0) is 0 Å². The van der Waals surface area contributed by atoms with Crippen LogP contribution in [0.15, 0.2) is 30.3 Å². The van der Waals surface area contributed by atoms with Gasteiger partial charge in [0.1, 0.15) is 5.82 Å². The molecule has 2 aromatic rings. The summed E-state index contributed by atoms with van der Waals surface area (Å²) in [5, 5.41) is 12.9. The molecule has 0 spiro atoms. The standard InChI is InChI=1S/C15H12F3N3O3/c1-20(2)14-4-3-8(21(23)24)5-9(14)15(22)19-13-7-11(17)10(16)6-12(13)18/h3-7H,1-2H3,(H,19,22). The van der Waals surface area contributed by atoms with E-state index in [0.717, 1.165) is 6.07 Å². The third-order valence-electron chi connectivity index (χ3n) is 3.18. The molecule has 0 aliphatic heterocycles. The van der Waals surface area contributed by atoms with Crippen LogP contribution in [0.3, 0.4) is 0 Å². The highest BCUT2D eigenvalue weighted by Gasteiger charge is 2.20. The van der Waals surface area contributed by atoms with Crippen molar-refractivity contribution in [3.63, 3.8) is 0 Å². The molecule has 0 aromatic heterocycles. The van der Waals surface area contributed by atoms with Crippen LogP contribution in [0.2, 0.25) is 0 Å². The van der Waals surface area contributed by atoms with Gasteiger partial charge in [-0.15, -0.1) is 0 Å². The number of anilines is 2. The number of amides is 1. The van der Waals surface area contributed by atoms with Gasteiger partial charge in [0.05, 0.1) is 16.2 Å².